The number of nitrogens with one attached hydrogen (secondary N) is 3. The van der Waals surface area contributed by atoms with Gasteiger partial charge in [0.25, 0.3) is 0 Å². The summed E-state index contributed by atoms with van der Waals surface area (Å²) in [6.07, 6.45) is 0. The van der Waals surface area contributed by atoms with E-state index < -0.39 is 22.5 Å². The number of carbonyl (C=O) groups is 2. The molecule has 138 valence electrons. The van der Waals surface area contributed by atoms with Crippen molar-refractivity contribution in [2.24, 2.45) is 0 Å². The molecule has 0 unspecified atom stereocenters. The molecule has 0 spiro atoms. The van der Waals surface area contributed by atoms with Crippen LogP contribution in [0.1, 0.15) is 11.1 Å². The van der Waals surface area contributed by atoms with E-state index in [9.17, 15) is 18.0 Å². The van der Waals surface area contributed by atoms with E-state index in [1.165, 1.54) is 12.1 Å². The topological polar surface area (TPSA) is 104 Å². The quantitative estimate of drug-likeness (QED) is 0.632. The van der Waals surface area contributed by atoms with Crippen molar-refractivity contribution in [2.45, 2.75) is 18.4 Å². The van der Waals surface area contributed by atoms with E-state index in [1.54, 1.807) is 12.1 Å². The second-order valence-electron chi connectivity index (χ2n) is 5.68. The predicted octanol–water partition coefficient (Wildman–Crippen LogP) is 0.706. The van der Waals surface area contributed by atoms with Crippen LogP contribution in [0.5, 0.6) is 0 Å². The molecule has 0 aliphatic carbocycles. The Morgan fingerprint density at radius 1 is 0.846 bits per heavy atom. The molecule has 0 bridgehead atoms. The summed E-state index contributed by atoms with van der Waals surface area (Å²) in [4.78, 5) is 23.5. The molecule has 8 heteroatoms. The Morgan fingerprint density at radius 2 is 1.46 bits per heavy atom. The Bertz CT molecular complexity index is 850. The molecule has 7 nitrogen and oxygen atoms in total. The highest BCUT2D eigenvalue weighted by Crippen LogP contribution is 2.09. The number of sulfonamides is 1. The first-order valence-corrected chi connectivity index (χ1v) is 9.49. The van der Waals surface area contributed by atoms with Crippen LogP contribution in [0.2, 0.25) is 0 Å². The first kappa shape index (κ1) is 19.6. The summed E-state index contributed by atoms with van der Waals surface area (Å²) in [5.41, 5.74) is 1.88. The van der Waals surface area contributed by atoms with E-state index in [0.29, 0.717) is 6.54 Å². The summed E-state index contributed by atoms with van der Waals surface area (Å²) in [7, 11) is -3.77. The molecule has 26 heavy (non-hydrogen) atoms. The lowest BCUT2D eigenvalue weighted by Crippen LogP contribution is -2.41. The van der Waals surface area contributed by atoms with Crippen LogP contribution in [-0.2, 0) is 26.2 Å². The molecule has 0 fully saturated rings. The lowest BCUT2D eigenvalue weighted by Gasteiger charge is -2.09. The van der Waals surface area contributed by atoms with Crippen molar-refractivity contribution in [2.75, 3.05) is 13.1 Å². The zero-order valence-corrected chi connectivity index (χ0v) is 15.2. The van der Waals surface area contributed by atoms with Gasteiger partial charge in [-0.2, -0.15) is 0 Å². The van der Waals surface area contributed by atoms with E-state index >= 15 is 0 Å². The van der Waals surface area contributed by atoms with Gasteiger partial charge in [-0.1, -0.05) is 48.0 Å². The minimum atomic E-state index is -3.77. The molecule has 0 radical (unpaired) electrons. The van der Waals surface area contributed by atoms with Gasteiger partial charge in [-0.05, 0) is 24.6 Å². The third-order valence-electron chi connectivity index (χ3n) is 3.53. The van der Waals surface area contributed by atoms with Crippen LogP contribution in [0.4, 0.5) is 0 Å². The number of aryl methyl sites for hydroxylation is 1. The molecule has 0 aliphatic heterocycles. The number of carbonyl (C=O) groups excluding carboxylic acids is 2. The number of benzene rings is 2. The predicted molar refractivity (Wildman–Crippen MR) is 97.7 cm³/mol. The van der Waals surface area contributed by atoms with Crippen LogP contribution >= 0.6 is 0 Å². The maximum atomic E-state index is 12.1. The van der Waals surface area contributed by atoms with E-state index in [-0.39, 0.29) is 17.3 Å². The van der Waals surface area contributed by atoms with E-state index in [2.05, 4.69) is 15.4 Å². The van der Waals surface area contributed by atoms with Crippen molar-refractivity contribution < 1.29 is 18.0 Å². The van der Waals surface area contributed by atoms with Gasteiger partial charge in [-0.3, -0.25) is 9.59 Å². The Hall–Kier alpha value is -2.71. The maximum absolute atomic E-state index is 12.1. The molecule has 0 aromatic heterocycles. The standard InChI is InChI=1S/C18H21N3O4S/c1-14-7-9-16(10-8-14)26(24,25)21-13-18(23)20-12-17(22)19-11-15-5-3-2-4-6-15/h2-10,21H,11-13H2,1H3,(H,19,22)(H,20,23). The molecule has 2 aromatic rings. The van der Waals surface area contributed by atoms with Crippen molar-refractivity contribution in [3.8, 4) is 0 Å². The zero-order valence-electron chi connectivity index (χ0n) is 14.4. The average molecular weight is 375 g/mol. The molecule has 0 saturated carbocycles. The zero-order chi connectivity index (χ0) is 19.0. The molecule has 2 rings (SSSR count). The van der Waals surface area contributed by atoms with Crippen LogP contribution in [0.3, 0.4) is 0 Å². The number of hydrogen-bond donors (Lipinski definition) is 3. The van der Waals surface area contributed by atoms with Gasteiger partial charge < -0.3 is 10.6 Å². The van der Waals surface area contributed by atoms with Gasteiger partial charge in [0.05, 0.1) is 18.0 Å². The normalized spacial score (nSPS) is 11.0. The first-order chi connectivity index (χ1) is 12.4. The SMILES string of the molecule is Cc1ccc(S(=O)(=O)NCC(=O)NCC(=O)NCc2ccccc2)cc1. The van der Waals surface area contributed by atoms with Gasteiger partial charge in [0.15, 0.2) is 0 Å². The van der Waals surface area contributed by atoms with Gasteiger partial charge >= 0.3 is 0 Å². The summed E-state index contributed by atoms with van der Waals surface area (Å²) in [6.45, 7) is 1.54. The van der Waals surface area contributed by atoms with Crippen LogP contribution in [0.15, 0.2) is 59.5 Å². The van der Waals surface area contributed by atoms with Crippen molar-refractivity contribution in [3.63, 3.8) is 0 Å². The number of amides is 2. The summed E-state index contributed by atoms with van der Waals surface area (Å²) < 4.78 is 26.4. The second kappa shape index (κ2) is 9.12. The fourth-order valence-electron chi connectivity index (χ4n) is 2.06. The van der Waals surface area contributed by atoms with Crippen LogP contribution in [0, 0.1) is 6.92 Å². The Morgan fingerprint density at radius 3 is 2.12 bits per heavy atom. The minimum Gasteiger partial charge on any atom is -0.350 e. The smallest absolute Gasteiger partial charge is 0.241 e. The highest BCUT2D eigenvalue weighted by molar-refractivity contribution is 7.89. The highest BCUT2D eigenvalue weighted by atomic mass is 32.2. The molecule has 0 atom stereocenters. The summed E-state index contributed by atoms with van der Waals surface area (Å²) in [5, 5.41) is 5.04. The van der Waals surface area contributed by atoms with Crippen LogP contribution in [0.25, 0.3) is 0 Å². The lowest BCUT2D eigenvalue weighted by atomic mass is 10.2. The fraction of sp³-hybridized carbons (Fsp3) is 0.222. The van der Waals surface area contributed by atoms with E-state index in [4.69, 9.17) is 0 Å². The Kier molecular flexibility index (Phi) is 6.88. The Balaban J connectivity index is 1.73. The molecule has 2 amide bonds. The average Bonchev–Trinajstić information content (AvgIpc) is 2.64. The molecule has 3 N–H and O–H groups in total. The maximum Gasteiger partial charge on any atom is 0.241 e. The second-order valence-corrected chi connectivity index (χ2v) is 7.44. The minimum absolute atomic E-state index is 0.0801. The molecular weight excluding hydrogens is 354 g/mol. The van der Waals surface area contributed by atoms with Gasteiger partial charge in [0.2, 0.25) is 21.8 Å². The van der Waals surface area contributed by atoms with Crippen molar-refractivity contribution in [1.29, 1.82) is 0 Å². The third kappa shape index (κ3) is 6.30. The van der Waals surface area contributed by atoms with Crippen molar-refractivity contribution in [1.82, 2.24) is 15.4 Å². The highest BCUT2D eigenvalue weighted by Gasteiger charge is 2.15. The molecule has 2 aromatic carbocycles. The van der Waals surface area contributed by atoms with E-state index in [0.717, 1.165) is 11.1 Å². The first-order valence-electron chi connectivity index (χ1n) is 8.00. The summed E-state index contributed by atoms with van der Waals surface area (Å²) in [6, 6.07) is 15.6. The third-order valence-corrected chi connectivity index (χ3v) is 4.95. The largest absolute Gasteiger partial charge is 0.350 e. The van der Waals surface area contributed by atoms with Crippen LogP contribution < -0.4 is 15.4 Å². The molecule has 0 saturated heterocycles. The van der Waals surface area contributed by atoms with Gasteiger partial charge in [0.1, 0.15) is 0 Å². The molecular formula is C18H21N3O4S. The van der Waals surface area contributed by atoms with Crippen molar-refractivity contribution in [3.05, 3.63) is 65.7 Å². The van der Waals surface area contributed by atoms with Gasteiger partial charge in [-0.15, -0.1) is 0 Å². The number of rotatable bonds is 8. The fourth-order valence-corrected chi connectivity index (χ4v) is 3.04. The monoisotopic (exact) mass is 375 g/mol. The molecule has 0 aliphatic rings. The molecule has 0 heterocycles. The van der Waals surface area contributed by atoms with Gasteiger partial charge in [0, 0.05) is 6.54 Å². The Labute approximate surface area is 152 Å². The van der Waals surface area contributed by atoms with Crippen LogP contribution in [-0.4, -0.2) is 33.3 Å². The summed E-state index contributed by atoms with van der Waals surface area (Å²) in [5.74, 6) is -0.945. The van der Waals surface area contributed by atoms with Crippen molar-refractivity contribution >= 4 is 21.8 Å². The van der Waals surface area contributed by atoms with Gasteiger partial charge in [-0.25, -0.2) is 13.1 Å². The van der Waals surface area contributed by atoms with E-state index in [1.807, 2.05) is 37.3 Å². The summed E-state index contributed by atoms with van der Waals surface area (Å²) >= 11 is 0. The number of hydrogen-bond acceptors (Lipinski definition) is 4. The lowest BCUT2D eigenvalue weighted by molar-refractivity contribution is -0.125.